The largest absolute Gasteiger partial charge is 0.393 e. The summed E-state index contributed by atoms with van der Waals surface area (Å²) in [5.74, 6) is 0.0636. The molecule has 0 aliphatic carbocycles. The molecule has 0 saturated carbocycles. The number of unbranched alkanes of at least 4 members (excludes halogenated alkanes) is 9. The van der Waals surface area contributed by atoms with Crippen LogP contribution in [0.2, 0.25) is 0 Å². The summed E-state index contributed by atoms with van der Waals surface area (Å²) in [4.78, 5) is 10.2. The lowest BCUT2D eigenvalue weighted by molar-refractivity contribution is -0.109. The number of carbonyl (C=O) groups is 1. The molecule has 5 N–H and O–H groups in total. The van der Waals surface area contributed by atoms with Crippen LogP contribution in [0.4, 0.5) is 0 Å². The highest BCUT2D eigenvalue weighted by molar-refractivity contribution is 5.74. The Bertz CT molecular complexity index is 260. The van der Waals surface area contributed by atoms with E-state index in [2.05, 4.69) is 5.32 Å². The summed E-state index contributed by atoms with van der Waals surface area (Å²) in [6.07, 6.45) is 13.5. The highest BCUT2D eigenvalue weighted by atomic mass is 16.3. The van der Waals surface area contributed by atoms with Crippen molar-refractivity contribution in [1.29, 1.82) is 5.41 Å². The van der Waals surface area contributed by atoms with Gasteiger partial charge in [0.25, 0.3) is 0 Å². The molecular formula is C16H33N3O2. The molecule has 1 atom stereocenters. The number of rotatable bonds is 15. The lowest BCUT2D eigenvalue weighted by Gasteiger charge is -2.06. The third-order valence-electron chi connectivity index (χ3n) is 3.65. The summed E-state index contributed by atoms with van der Waals surface area (Å²) in [7, 11) is 0. The minimum Gasteiger partial charge on any atom is -0.393 e. The predicted octanol–water partition coefficient (Wildman–Crippen LogP) is 2.71. The second-order valence-corrected chi connectivity index (χ2v) is 5.72. The number of nitrogens with two attached hydrogens (primary N) is 1. The molecule has 0 aliphatic heterocycles. The van der Waals surface area contributed by atoms with Crippen LogP contribution >= 0.6 is 0 Å². The Hall–Kier alpha value is -1.10. The van der Waals surface area contributed by atoms with Crippen molar-refractivity contribution in [3.63, 3.8) is 0 Å². The molecule has 0 fully saturated rings. The van der Waals surface area contributed by atoms with E-state index in [0.29, 0.717) is 0 Å². The van der Waals surface area contributed by atoms with Gasteiger partial charge < -0.3 is 21.0 Å². The van der Waals surface area contributed by atoms with Crippen molar-refractivity contribution in [2.75, 3.05) is 6.54 Å². The SMILES string of the molecule is N=C(N)NCCCCCCCCCCCCC(O)CC=O. The molecule has 0 saturated heterocycles. The monoisotopic (exact) mass is 299 g/mol. The molecule has 0 aromatic carbocycles. The van der Waals surface area contributed by atoms with Gasteiger partial charge in [0.05, 0.1) is 6.10 Å². The zero-order valence-electron chi connectivity index (χ0n) is 13.3. The lowest BCUT2D eigenvalue weighted by atomic mass is 10.0. The van der Waals surface area contributed by atoms with Crippen molar-refractivity contribution in [2.24, 2.45) is 5.73 Å². The van der Waals surface area contributed by atoms with Gasteiger partial charge in [-0.15, -0.1) is 0 Å². The Balaban J connectivity index is 3.05. The lowest BCUT2D eigenvalue weighted by Crippen LogP contribution is -2.30. The van der Waals surface area contributed by atoms with Gasteiger partial charge in [-0.25, -0.2) is 0 Å². The van der Waals surface area contributed by atoms with Gasteiger partial charge in [0, 0.05) is 13.0 Å². The molecule has 0 rings (SSSR count). The molecule has 0 bridgehead atoms. The number of guanidine groups is 1. The maximum atomic E-state index is 10.2. The standard InChI is InChI=1S/C16H33N3O2/c17-16(18)19-13-10-8-6-4-2-1-3-5-7-9-11-15(21)12-14-20/h14-15,21H,1-13H2,(H4,17,18,19). The Morgan fingerprint density at radius 3 is 1.95 bits per heavy atom. The third-order valence-corrected chi connectivity index (χ3v) is 3.65. The first-order chi connectivity index (χ1) is 10.2. The van der Waals surface area contributed by atoms with Crippen molar-refractivity contribution >= 4 is 12.2 Å². The molecule has 0 aromatic heterocycles. The van der Waals surface area contributed by atoms with Crippen LogP contribution in [-0.4, -0.2) is 30.0 Å². The highest BCUT2D eigenvalue weighted by Crippen LogP contribution is 2.12. The van der Waals surface area contributed by atoms with E-state index in [1.54, 1.807) is 0 Å². The number of carbonyl (C=O) groups excluding carboxylic acids is 1. The summed E-state index contributed by atoms with van der Waals surface area (Å²) in [6, 6.07) is 0. The number of hydrogen-bond acceptors (Lipinski definition) is 3. The Morgan fingerprint density at radius 2 is 1.48 bits per heavy atom. The van der Waals surface area contributed by atoms with Crippen LogP contribution in [0.15, 0.2) is 0 Å². The second kappa shape index (κ2) is 15.3. The average molecular weight is 299 g/mol. The van der Waals surface area contributed by atoms with E-state index >= 15 is 0 Å². The maximum absolute atomic E-state index is 10.2. The fourth-order valence-electron chi connectivity index (χ4n) is 2.37. The van der Waals surface area contributed by atoms with E-state index in [4.69, 9.17) is 11.1 Å². The Kier molecular flexibility index (Phi) is 14.5. The molecular weight excluding hydrogens is 266 g/mol. The predicted molar refractivity (Wildman–Crippen MR) is 87.4 cm³/mol. The molecule has 21 heavy (non-hydrogen) atoms. The van der Waals surface area contributed by atoms with Crippen molar-refractivity contribution < 1.29 is 9.90 Å². The van der Waals surface area contributed by atoms with E-state index in [1.807, 2.05) is 0 Å². The fourth-order valence-corrected chi connectivity index (χ4v) is 2.37. The van der Waals surface area contributed by atoms with Gasteiger partial charge in [-0.2, -0.15) is 0 Å². The molecule has 0 spiro atoms. The van der Waals surface area contributed by atoms with Crippen LogP contribution in [-0.2, 0) is 4.79 Å². The first-order valence-electron chi connectivity index (χ1n) is 8.36. The zero-order chi connectivity index (χ0) is 15.8. The molecule has 1 unspecified atom stereocenters. The maximum Gasteiger partial charge on any atom is 0.185 e. The van der Waals surface area contributed by atoms with E-state index in [9.17, 15) is 9.90 Å². The second-order valence-electron chi connectivity index (χ2n) is 5.72. The number of nitrogens with one attached hydrogen (secondary N) is 2. The van der Waals surface area contributed by atoms with E-state index < -0.39 is 6.10 Å². The number of hydrogen-bond donors (Lipinski definition) is 4. The summed E-state index contributed by atoms with van der Waals surface area (Å²) in [5.41, 5.74) is 5.20. The Labute approximate surface area is 129 Å². The minimum atomic E-state index is -0.431. The molecule has 0 amide bonds. The average Bonchev–Trinajstić information content (AvgIpc) is 2.44. The van der Waals surface area contributed by atoms with Crippen molar-refractivity contribution in [1.82, 2.24) is 5.32 Å². The fraction of sp³-hybridized carbons (Fsp3) is 0.875. The van der Waals surface area contributed by atoms with Crippen molar-refractivity contribution in [3.8, 4) is 0 Å². The van der Waals surface area contributed by atoms with Crippen LogP contribution in [0.25, 0.3) is 0 Å². The summed E-state index contributed by atoms with van der Waals surface area (Å²) in [6.45, 7) is 0.811. The van der Waals surface area contributed by atoms with Crippen LogP contribution < -0.4 is 11.1 Å². The summed E-state index contributed by atoms with van der Waals surface area (Å²) < 4.78 is 0. The first-order valence-corrected chi connectivity index (χ1v) is 8.36. The number of aliphatic hydroxyl groups is 1. The molecule has 5 heteroatoms. The molecule has 124 valence electrons. The summed E-state index contributed by atoms with van der Waals surface area (Å²) >= 11 is 0. The van der Waals surface area contributed by atoms with Crippen LogP contribution in [0, 0.1) is 5.41 Å². The summed E-state index contributed by atoms with van der Waals surface area (Å²) in [5, 5.41) is 19.2. The van der Waals surface area contributed by atoms with E-state index in [-0.39, 0.29) is 12.4 Å². The van der Waals surface area contributed by atoms with E-state index in [1.165, 1.54) is 44.9 Å². The van der Waals surface area contributed by atoms with Gasteiger partial charge in [-0.3, -0.25) is 5.41 Å². The molecule has 5 nitrogen and oxygen atoms in total. The zero-order valence-corrected chi connectivity index (χ0v) is 13.3. The van der Waals surface area contributed by atoms with Crippen molar-refractivity contribution in [3.05, 3.63) is 0 Å². The van der Waals surface area contributed by atoms with Gasteiger partial charge in [-0.05, 0) is 12.8 Å². The van der Waals surface area contributed by atoms with Gasteiger partial charge in [0.2, 0.25) is 0 Å². The van der Waals surface area contributed by atoms with Gasteiger partial charge >= 0.3 is 0 Å². The molecule has 0 aromatic rings. The molecule has 0 aliphatic rings. The Morgan fingerprint density at radius 1 is 1.00 bits per heavy atom. The molecule has 0 radical (unpaired) electrons. The van der Waals surface area contributed by atoms with E-state index in [0.717, 1.165) is 38.5 Å². The van der Waals surface area contributed by atoms with Gasteiger partial charge in [0.15, 0.2) is 5.96 Å². The first kappa shape index (κ1) is 19.9. The van der Waals surface area contributed by atoms with Crippen LogP contribution in [0.1, 0.15) is 77.0 Å². The minimum absolute atomic E-state index is 0.0636. The third kappa shape index (κ3) is 16.8. The van der Waals surface area contributed by atoms with Crippen LogP contribution in [0.5, 0.6) is 0 Å². The smallest absolute Gasteiger partial charge is 0.185 e. The topological polar surface area (TPSA) is 99.2 Å². The highest BCUT2D eigenvalue weighted by Gasteiger charge is 2.01. The van der Waals surface area contributed by atoms with Gasteiger partial charge in [-0.1, -0.05) is 57.8 Å². The van der Waals surface area contributed by atoms with Crippen LogP contribution in [0.3, 0.4) is 0 Å². The normalized spacial score (nSPS) is 12.0. The number of aliphatic hydroxyl groups excluding tert-OH is 1. The van der Waals surface area contributed by atoms with Gasteiger partial charge in [0.1, 0.15) is 6.29 Å². The molecule has 0 heterocycles. The quantitative estimate of drug-likeness (QED) is 0.162. The number of aldehydes is 1. The van der Waals surface area contributed by atoms with Crippen molar-refractivity contribution in [2.45, 2.75) is 83.2 Å².